The van der Waals surface area contributed by atoms with E-state index in [0.717, 1.165) is 36.6 Å². The zero-order valence-electron chi connectivity index (χ0n) is 15.4. The molecule has 0 amide bonds. The van der Waals surface area contributed by atoms with Gasteiger partial charge in [-0.2, -0.15) is 0 Å². The standard InChI is InChI=1S/C22H31NO/c1-4-16-10-15-11-21-18(5-2)19(8-9-23(13-15)22(16)21)20-12-17(24)7-6-14(20)3/h6-7,12,15-16,21-22,24H,4-5,8-11,13H2,1-3H3. The highest BCUT2D eigenvalue weighted by Gasteiger charge is 2.48. The van der Waals surface area contributed by atoms with Gasteiger partial charge in [0.05, 0.1) is 0 Å². The number of benzene rings is 1. The first-order valence-corrected chi connectivity index (χ1v) is 9.88. The minimum atomic E-state index is 0.402. The number of phenols is 1. The Hall–Kier alpha value is -1.28. The Morgan fingerprint density at radius 1 is 1.21 bits per heavy atom. The molecule has 3 aliphatic heterocycles. The molecule has 2 heteroatoms. The van der Waals surface area contributed by atoms with Crippen molar-refractivity contribution in [1.82, 2.24) is 4.90 Å². The van der Waals surface area contributed by atoms with E-state index < -0.39 is 0 Å². The van der Waals surface area contributed by atoms with E-state index in [-0.39, 0.29) is 0 Å². The Labute approximate surface area is 146 Å². The molecule has 1 N–H and O–H groups in total. The van der Waals surface area contributed by atoms with Crippen molar-refractivity contribution in [2.24, 2.45) is 17.8 Å². The van der Waals surface area contributed by atoms with Crippen LogP contribution < -0.4 is 0 Å². The van der Waals surface area contributed by atoms with Crippen molar-refractivity contribution in [3.05, 3.63) is 34.9 Å². The van der Waals surface area contributed by atoms with Crippen LogP contribution in [0.15, 0.2) is 23.8 Å². The van der Waals surface area contributed by atoms with Crippen molar-refractivity contribution in [3.8, 4) is 5.75 Å². The molecular weight excluding hydrogens is 294 g/mol. The van der Waals surface area contributed by atoms with Crippen molar-refractivity contribution >= 4 is 5.57 Å². The summed E-state index contributed by atoms with van der Waals surface area (Å²) < 4.78 is 0. The van der Waals surface area contributed by atoms with Gasteiger partial charge in [0.2, 0.25) is 0 Å². The van der Waals surface area contributed by atoms with Gasteiger partial charge < -0.3 is 5.11 Å². The van der Waals surface area contributed by atoms with Crippen LogP contribution in [0.5, 0.6) is 5.75 Å². The summed E-state index contributed by atoms with van der Waals surface area (Å²) in [6, 6.07) is 6.66. The van der Waals surface area contributed by atoms with Crippen LogP contribution in [0.3, 0.4) is 0 Å². The predicted octanol–water partition coefficient (Wildman–Crippen LogP) is 5.00. The molecule has 2 saturated heterocycles. The zero-order valence-corrected chi connectivity index (χ0v) is 15.4. The summed E-state index contributed by atoms with van der Waals surface area (Å²) in [4.78, 5) is 2.82. The van der Waals surface area contributed by atoms with E-state index in [2.05, 4.69) is 31.7 Å². The number of rotatable bonds is 3. The minimum absolute atomic E-state index is 0.402. The lowest BCUT2D eigenvalue weighted by molar-refractivity contribution is -0.0273. The first kappa shape index (κ1) is 16.2. The van der Waals surface area contributed by atoms with E-state index >= 15 is 0 Å². The van der Waals surface area contributed by atoms with Crippen molar-refractivity contribution < 1.29 is 5.11 Å². The number of piperidine rings is 2. The van der Waals surface area contributed by atoms with E-state index in [4.69, 9.17) is 0 Å². The molecule has 5 atom stereocenters. The van der Waals surface area contributed by atoms with Crippen LogP contribution >= 0.6 is 0 Å². The maximum Gasteiger partial charge on any atom is 0.116 e. The van der Waals surface area contributed by atoms with Crippen molar-refractivity contribution in [2.45, 2.75) is 58.9 Å². The SMILES string of the molecule is CCC1=C(c2cc(O)ccc2C)CCN2CC3CC(CC)C2C1C3. The molecule has 0 spiro atoms. The van der Waals surface area contributed by atoms with Crippen molar-refractivity contribution in [1.29, 1.82) is 0 Å². The average Bonchev–Trinajstić information content (AvgIpc) is 2.71. The summed E-state index contributed by atoms with van der Waals surface area (Å²) >= 11 is 0. The first-order chi connectivity index (χ1) is 11.6. The number of aromatic hydroxyl groups is 1. The van der Waals surface area contributed by atoms with Gasteiger partial charge in [-0.1, -0.05) is 31.9 Å². The Bertz CT molecular complexity index is 662. The lowest BCUT2D eigenvalue weighted by Gasteiger charge is -2.54. The molecule has 5 rings (SSSR count). The first-order valence-electron chi connectivity index (χ1n) is 9.88. The fourth-order valence-corrected chi connectivity index (χ4v) is 6.00. The highest BCUT2D eigenvalue weighted by molar-refractivity contribution is 5.73. The number of fused-ring (bicyclic) bond motifs is 1. The van der Waals surface area contributed by atoms with E-state index in [0.29, 0.717) is 5.75 Å². The number of hydrogen-bond acceptors (Lipinski definition) is 2. The van der Waals surface area contributed by atoms with Gasteiger partial charge in [0, 0.05) is 19.1 Å². The fourth-order valence-electron chi connectivity index (χ4n) is 6.00. The van der Waals surface area contributed by atoms with Crippen LogP contribution in [-0.4, -0.2) is 29.1 Å². The van der Waals surface area contributed by atoms with Gasteiger partial charge in [0.15, 0.2) is 0 Å². The number of phenolic OH excluding ortho intramolecular Hbond substituents is 1. The van der Waals surface area contributed by atoms with E-state index in [1.165, 1.54) is 43.5 Å². The van der Waals surface area contributed by atoms with Gasteiger partial charge in [0.1, 0.15) is 5.75 Å². The van der Waals surface area contributed by atoms with Gasteiger partial charge in [-0.25, -0.2) is 0 Å². The molecule has 3 heterocycles. The van der Waals surface area contributed by atoms with Crippen LogP contribution in [0, 0.1) is 24.7 Å². The lowest BCUT2D eigenvalue weighted by atomic mass is 9.63. The molecule has 1 aromatic carbocycles. The normalized spacial score (nSPS) is 35.2. The maximum atomic E-state index is 10.0. The van der Waals surface area contributed by atoms with E-state index in [9.17, 15) is 5.11 Å². The molecule has 3 fully saturated rings. The number of aryl methyl sites for hydroxylation is 1. The van der Waals surface area contributed by atoms with Gasteiger partial charge in [-0.05, 0) is 79.2 Å². The summed E-state index contributed by atoms with van der Waals surface area (Å²) in [6.45, 7) is 9.43. The molecule has 1 aliphatic carbocycles. The third kappa shape index (κ3) is 2.50. The molecule has 24 heavy (non-hydrogen) atoms. The molecule has 0 radical (unpaired) electrons. The predicted molar refractivity (Wildman–Crippen MR) is 100 cm³/mol. The topological polar surface area (TPSA) is 23.5 Å². The fraction of sp³-hybridized carbons (Fsp3) is 0.636. The van der Waals surface area contributed by atoms with Crippen LogP contribution in [0.2, 0.25) is 0 Å². The second kappa shape index (κ2) is 6.22. The Morgan fingerprint density at radius 3 is 2.79 bits per heavy atom. The second-order valence-electron chi connectivity index (χ2n) is 8.20. The molecule has 4 bridgehead atoms. The summed E-state index contributed by atoms with van der Waals surface area (Å²) in [6.07, 6.45) is 6.46. The van der Waals surface area contributed by atoms with Gasteiger partial charge in [-0.15, -0.1) is 0 Å². The summed E-state index contributed by atoms with van der Waals surface area (Å²) in [5.41, 5.74) is 5.83. The molecular formula is C22H31NO. The van der Waals surface area contributed by atoms with Gasteiger partial charge >= 0.3 is 0 Å². The van der Waals surface area contributed by atoms with E-state index in [1.807, 2.05) is 12.1 Å². The third-order valence-corrected chi connectivity index (χ3v) is 6.97. The van der Waals surface area contributed by atoms with Crippen molar-refractivity contribution in [2.75, 3.05) is 13.1 Å². The number of hydrogen-bond donors (Lipinski definition) is 1. The minimum Gasteiger partial charge on any atom is -0.508 e. The van der Waals surface area contributed by atoms with Crippen LogP contribution in [0.4, 0.5) is 0 Å². The monoisotopic (exact) mass is 325 g/mol. The van der Waals surface area contributed by atoms with E-state index in [1.54, 1.807) is 11.1 Å². The molecule has 130 valence electrons. The lowest BCUT2D eigenvalue weighted by Crippen LogP contribution is -2.57. The number of nitrogens with zero attached hydrogens (tertiary/aromatic N) is 1. The van der Waals surface area contributed by atoms with Crippen LogP contribution in [0.25, 0.3) is 5.57 Å². The van der Waals surface area contributed by atoms with Crippen LogP contribution in [-0.2, 0) is 0 Å². The molecule has 1 saturated carbocycles. The Kier molecular flexibility index (Phi) is 4.20. The molecule has 4 aliphatic rings. The molecule has 0 aromatic heterocycles. The Morgan fingerprint density at radius 2 is 2.04 bits per heavy atom. The molecule has 5 unspecified atom stereocenters. The highest BCUT2D eigenvalue weighted by Crippen LogP contribution is 2.51. The highest BCUT2D eigenvalue weighted by atomic mass is 16.3. The maximum absolute atomic E-state index is 10.0. The van der Waals surface area contributed by atoms with Crippen LogP contribution in [0.1, 0.15) is 57.1 Å². The van der Waals surface area contributed by atoms with Gasteiger partial charge in [0.25, 0.3) is 0 Å². The molecule has 1 aromatic rings. The summed E-state index contributed by atoms with van der Waals surface area (Å²) in [5.74, 6) is 2.93. The van der Waals surface area contributed by atoms with Crippen molar-refractivity contribution in [3.63, 3.8) is 0 Å². The second-order valence-corrected chi connectivity index (χ2v) is 8.20. The molecule has 2 nitrogen and oxygen atoms in total. The largest absolute Gasteiger partial charge is 0.508 e. The summed E-state index contributed by atoms with van der Waals surface area (Å²) in [5, 5.41) is 10.0. The average molecular weight is 325 g/mol. The quantitative estimate of drug-likeness (QED) is 0.845. The smallest absolute Gasteiger partial charge is 0.116 e. The van der Waals surface area contributed by atoms with Gasteiger partial charge in [-0.3, -0.25) is 4.90 Å². The summed E-state index contributed by atoms with van der Waals surface area (Å²) in [7, 11) is 0. The zero-order chi connectivity index (χ0) is 16.8. The Balaban J connectivity index is 1.82. The third-order valence-electron chi connectivity index (χ3n) is 6.97.